The second-order valence-electron chi connectivity index (χ2n) is 7.63. The number of nitrogens with zero attached hydrogens (tertiary/aromatic N) is 1. The van der Waals surface area contributed by atoms with Crippen LogP contribution in [0.15, 0.2) is 54.6 Å². The van der Waals surface area contributed by atoms with Crippen molar-refractivity contribution in [2.24, 2.45) is 11.7 Å². The molecular formula is C22H28N2O3. The quantitative estimate of drug-likeness (QED) is 0.787. The van der Waals surface area contributed by atoms with Gasteiger partial charge in [-0.3, -0.25) is 9.69 Å². The molecule has 27 heavy (non-hydrogen) atoms. The van der Waals surface area contributed by atoms with Crippen LogP contribution in [0.25, 0.3) is 0 Å². The number of primary amides is 1. The summed E-state index contributed by atoms with van der Waals surface area (Å²) in [7, 11) is 0. The Bertz CT molecular complexity index is 744. The monoisotopic (exact) mass is 368 g/mol. The molecule has 0 aromatic heterocycles. The molecule has 2 atom stereocenters. The number of ether oxygens (including phenoxy) is 1. The first-order valence-electron chi connectivity index (χ1n) is 9.41. The molecule has 3 rings (SSSR count). The summed E-state index contributed by atoms with van der Waals surface area (Å²) in [6.07, 6.45) is 1.65. The fourth-order valence-electron chi connectivity index (χ4n) is 3.62. The minimum Gasteiger partial charge on any atom is -0.484 e. The lowest BCUT2D eigenvalue weighted by molar-refractivity contribution is -0.119. The van der Waals surface area contributed by atoms with Crippen LogP contribution in [0.2, 0.25) is 0 Å². The lowest BCUT2D eigenvalue weighted by Gasteiger charge is -2.43. The number of benzene rings is 2. The SMILES string of the molecule is C[C@@]1(O)CCN(Cc2ccc(OCC(N)=O)cc2)C[C@@H]1Cc1ccccc1. The van der Waals surface area contributed by atoms with Gasteiger partial charge in [-0.05, 0) is 43.0 Å². The van der Waals surface area contributed by atoms with Crippen molar-refractivity contribution in [2.75, 3.05) is 19.7 Å². The number of nitrogens with two attached hydrogens (primary N) is 1. The summed E-state index contributed by atoms with van der Waals surface area (Å²) in [4.78, 5) is 13.2. The fourth-order valence-corrected chi connectivity index (χ4v) is 3.62. The Morgan fingerprint density at radius 3 is 2.56 bits per heavy atom. The van der Waals surface area contributed by atoms with E-state index in [4.69, 9.17) is 10.5 Å². The predicted molar refractivity (Wildman–Crippen MR) is 105 cm³/mol. The van der Waals surface area contributed by atoms with Crippen LogP contribution in [-0.2, 0) is 17.8 Å². The summed E-state index contributed by atoms with van der Waals surface area (Å²) < 4.78 is 5.30. The molecule has 2 aromatic rings. The number of hydrogen-bond donors (Lipinski definition) is 2. The average Bonchev–Trinajstić information content (AvgIpc) is 2.65. The highest BCUT2D eigenvalue weighted by Gasteiger charge is 2.37. The summed E-state index contributed by atoms with van der Waals surface area (Å²) in [5.74, 6) is 0.358. The third kappa shape index (κ3) is 5.55. The van der Waals surface area contributed by atoms with E-state index in [0.717, 1.165) is 32.5 Å². The van der Waals surface area contributed by atoms with Crippen molar-refractivity contribution in [3.63, 3.8) is 0 Å². The molecule has 1 saturated heterocycles. The number of aliphatic hydroxyl groups is 1. The molecule has 1 amide bonds. The van der Waals surface area contributed by atoms with E-state index in [1.54, 1.807) is 0 Å². The molecule has 0 spiro atoms. The zero-order valence-electron chi connectivity index (χ0n) is 15.8. The topological polar surface area (TPSA) is 75.8 Å². The van der Waals surface area contributed by atoms with E-state index in [-0.39, 0.29) is 12.5 Å². The number of likely N-dealkylation sites (tertiary alicyclic amines) is 1. The maximum Gasteiger partial charge on any atom is 0.255 e. The number of hydrogen-bond acceptors (Lipinski definition) is 4. The van der Waals surface area contributed by atoms with E-state index in [2.05, 4.69) is 17.0 Å². The molecule has 5 heteroatoms. The summed E-state index contributed by atoms with van der Waals surface area (Å²) >= 11 is 0. The number of rotatable bonds is 7. The van der Waals surface area contributed by atoms with Gasteiger partial charge in [-0.2, -0.15) is 0 Å². The van der Waals surface area contributed by atoms with Gasteiger partial charge >= 0.3 is 0 Å². The zero-order chi connectivity index (χ0) is 19.3. The van der Waals surface area contributed by atoms with E-state index in [1.807, 2.05) is 49.4 Å². The first-order valence-corrected chi connectivity index (χ1v) is 9.41. The van der Waals surface area contributed by atoms with Crippen molar-refractivity contribution in [1.29, 1.82) is 0 Å². The smallest absolute Gasteiger partial charge is 0.255 e. The molecule has 144 valence electrons. The molecule has 0 aliphatic carbocycles. The molecule has 5 nitrogen and oxygen atoms in total. The van der Waals surface area contributed by atoms with Gasteiger partial charge in [-0.15, -0.1) is 0 Å². The third-order valence-electron chi connectivity index (χ3n) is 5.33. The highest BCUT2D eigenvalue weighted by atomic mass is 16.5. The lowest BCUT2D eigenvalue weighted by Crippen LogP contribution is -2.50. The molecule has 3 N–H and O–H groups in total. The third-order valence-corrected chi connectivity index (χ3v) is 5.33. The van der Waals surface area contributed by atoms with Crippen molar-refractivity contribution in [1.82, 2.24) is 4.90 Å². The molecule has 1 aliphatic heterocycles. The van der Waals surface area contributed by atoms with Crippen molar-refractivity contribution in [3.05, 3.63) is 65.7 Å². The Kier molecular flexibility index (Phi) is 6.14. The molecule has 0 bridgehead atoms. The van der Waals surface area contributed by atoms with Gasteiger partial charge in [-0.25, -0.2) is 0 Å². The van der Waals surface area contributed by atoms with Crippen LogP contribution in [0.1, 0.15) is 24.5 Å². The molecule has 1 heterocycles. The standard InChI is InChI=1S/C22H28N2O3/c1-22(26)11-12-24(15-19(22)13-17-5-3-2-4-6-17)14-18-7-9-20(10-8-18)27-16-21(23)25/h2-10,19,26H,11-16H2,1H3,(H2,23,25)/t19-,22+/m0/s1. The number of piperidine rings is 1. The van der Waals surface area contributed by atoms with Gasteiger partial charge in [0, 0.05) is 25.6 Å². The minimum atomic E-state index is -0.640. The Morgan fingerprint density at radius 2 is 1.89 bits per heavy atom. The van der Waals surface area contributed by atoms with Crippen LogP contribution in [0.3, 0.4) is 0 Å². The van der Waals surface area contributed by atoms with Crippen LogP contribution in [-0.4, -0.2) is 41.2 Å². The predicted octanol–water partition coefficient (Wildman–Crippen LogP) is 2.37. The largest absolute Gasteiger partial charge is 0.484 e. The van der Waals surface area contributed by atoms with Crippen molar-refractivity contribution >= 4 is 5.91 Å². The van der Waals surface area contributed by atoms with E-state index in [9.17, 15) is 9.90 Å². The second-order valence-corrected chi connectivity index (χ2v) is 7.63. The normalized spacial score (nSPS) is 23.1. The Morgan fingerprint density at radius 1 is 1.19 bits per heavy atom. The first-order chi connectivity index (χ1) is 12.9. The Balaban J connectivity index is 1.59. The lowest BCUT2D eigenvalue weighted by atomic mass is 9.78. The number of carbonyl (C=O) groups is 1. The molecule has 0 radical (unpaired) electrons. The zero-order valence-corrected chi connectivity index (χ0v) is 15.8. The van der Waals surface area contributed by atoms with Crippen LogP contribution in [0, 0.1) is 5.92 Å². The first kappa shape index (κ1) is 19.4. The highest BCUT2D eigenvalue weighted by molar-refractivity contribution is 5.75. The van der Waals surface area contributed by atoms with Gasteiger partial charge in [0.25, 0.3) is 5.91 Å². The Labute approximate surface area is 160 Å². The maximum absolute atomic E-state index is 10.8. The van der Waals surface area contributed by atoms with Crippen LogP contribution < -0.4 is 10.5 Å². The average molecular weight is 368 g/mol. The van der Waals surface area contributed by atoms with Gasteiger partial charge in [0.05, 0.1) is 5.60 Å². The van der Waals surface area contributed by atoms with Crippen molar-refractivity contribution in [3.8, 4) is 5.75 Å². The van der Waals surface area contributed by atoms with Crippen molar-refractivity contribution < 1.29 is 14.6 Å². The van der Waals surface area contributed by atoms with Gasteiger partial charge in [0.1, 0.15) is 5.75 Å². The summed E-state index contributed by atoms with van der Waals surface area (Å²) in [5, 5.41) is 10.8. The van der Waals surface area contributed by atoms with Crippen molar-refractivity contribution in [2.45, 2.75) is 31.9 Å². The molecule has 0 unspecified atom stereocenters. The van der Waals surface area contributed by atoms with Crippen LogP contribution in [0.4, 0.5) is 0 Å². The second kappa shape index (κ2) is 8.55. The number of carbonyl (C=O) groups excluding carboxylic acids is 1. The van der Waals surface area contributed by atoms with Crippen LogP contribution >= 0.6 is 0 Å². The molecule has 1 aliphatic rings. The van der Waals surface area contributed by atoms with Crippen LogP contribution in [0.5, 0.6) is 5.75 Å². The van der Waals surface area contributed by atoms with E-state index >= 15 is 0 Å². The van der Waals surface area contributed by atoms with Gasteiger partial charge in [0.15, 0.2) is 6.61 Å². The van der Waals surface area contributed by atoms with Gasteiger partial charge < -0.3 is 15.6 Å². The Hall–Kier alpha value is -2.37. The van der Waals surface area contributed by atoms with E-state index in [1.165, 1.54) is 11.1 Å². The summed E-state index contributed by atoms with van der Waals surface area (Å²) in [6.45, 7) is 4.42. The summed E-state index contributed by atoms with van der Waals surface area (Å²) in [6, 6.07) is 18.1. The highest BCUT2D eigenvalue weighted by Crippen LogP contribution is 2.31. The summed E-state index contributed by atoms with van der Waals surface area (Å²) in [5.41, 5.74) is 6.90. The molecule has 0 saturated carbocycles. The van der Waals surface area contributed by atoms with Gasteiger partial charge in [0.2, 0.25) is 0 Å². The molecular weight excluding hydrogens is 340 g/mol. The van der Waals surface area contributed by atoms with E-state index < -0.39 is 11.5 Å². The number of amides is 1. The van der Waals surface area contributed by atoms with Gasteiger partial charge in [-0.1, -0.05) is 42.5 Å². The minimum absolute atomic E-state index is 0.109. The van der Waals surface area contributed by atoms with E-state index in [0.29, 0.717) is 5.75 Å². The molecule has 1 fully saturated rings. The maximum atomic E-state index is 10.8. The fraction of sp³-hybridized carbons (Fsp3) is 0.409. The molecule has 2 aromatic carbocycles.